The van der Waals surface area contributed by atoms with Crippen LogP contribution >= 0.6 is 0 Å². The summed E-state index contributed by atoms with van der Waals surface area (Å²) in [7, 11) is 0. The van der Waals surface area contributed by atoms with E-state index in [4.69, 9.17) is 4.74 Å². The third-order valence-corrected chi connectivity index (χ3v) is 6.71. The van der Waals surface area contributed by atoms with Gasteiger partial charge in [0.05, 0.1) is 12.1 Å². The monoisotopic (exact) mass is 339 g/mol. The maximum atomic E-state index is 5.83. The van der Waals surface area contributed by atoms with Gasteiger partial charge in [-0.1, -0.05) is 6.07 Å². The van der Waals surface area contributed by atoms with Gasteiger partial charge < -0.3 is 10.1 Å². The fourth-order valence-corrected chi connectivity index (χ4v) is 6.07. The van der Waals surface area contributed by atoms with Crippen LogP contribution in [-0.2, 0) is 0 Å². The summed E-state index contributed by atoms with van der Waals surface area (Å²) in [5, 5.41) is 8.41. The number of pyridine rings is 1. The van der Waals surface area contributed by atoms with Gasteiger partial charge in [-0.05, 0) is 87.8 Å². The predicted molar refractivity (Wildman–Crippen MR) is 98.8 cm³/mol. The molecule has 4 heteroatoms. The van der Waals surface area contributed by atoms with Crippen molar-refractivity contribution in [2.45, 2.75) is 56.9 Å². The second-order valence-corrected chi connectivity index (χ2v) is 8.73. The number of aromatic nitrogens is 2. The third-order valence-electron chi connectivity index (χ3n) is 6.71. The number of unbranched alkanes of at least 4 members (excludes halogenated alkanes) is 1. The first-order valence-electron chi connectivity index (χ1n) is 10.1. The summed E-state index contributed by atoms with van der Waals surface area (Å²) in [5.74, 6) is 3.81. The summed E-state index contributed by atoms with van der Waals surface area (Å²) in [5.41, 5.74) is 1.58. The van der Waals surface area contributed by atoms with Crippen molar-refractivity contribution in [3.8, 4) is 5.88 Å². The Morgan fingerprint density at radius 2 is 1.84 bits per heavy atom. The van der Waals surface area contributed by atoms with E-state index in [1.807, 2.05) is 28.9 Å². The SMILES string of the molecule is c1ccn2nc(OCCCCNC34CC5CC(CC(C5)C3)C4)cc2c1. The highest BCUT2D eigenvalue weighted by molar-refractivity contribution is 5.48. The summed E-state index contributed by atoms with van der Waals surface area (Å²) in [6, 6.07) is 8.07. The van der Waals surface area contributed by atoms with Gasteiger partial charge in [0, 0.05) is 17.8 Å². The molecule has 0 spiro atoms. The van der Waals surface area contributed by atoms with E-state index in [-0.39, 0.29) is 0 Å². The number of hydrogen-bond donors (Lipinski definition) is 1. The average Bonchev–Trinajstić information content (AvgIpc) is 2.99. The van der Waals surface area contributed by atoms with Crippen molar-refractivity contribution in [1.82, 2.24) is 14.9 Å². The molecule has 25 heavy (non-hydrogen) atoms. The highest BCUT2D eigenvalue weighted by atomic mass is 16.5. The summed E-state index contributed by atoms with van der Waals surface area (Å²) >= 11 is 0. The Kier molecular flexibility index (Phi) is 3.96. The van der Waals surface area contributed by atoms with Crippen LogP contribution < -0.4 is 10.1 Å². The van der Waals surface area contributed by atoms with Crippen molar-refractivity contribution in [3.05, 3.63) is 30.5 Å². The Balaban J connectivity index is 1.06. The molecule has 0 aliphatic heterocycles. The van der Waals surface area contributed by atoms with Crippen LogP contribution in [0.25, 0.3) is 5.52 Å². The first-order valence-corrected chi connectivity index (χ1v) is 10.1. The molecule has 0 aromatic carbocycles. The highest BCUT2D eigenvalue weighted by Crippen LogP contribution is 2.55. The van der Waals surface area contributed by atoms with E-state index in [1.165, 1.54) is 44.9 Å². The fourth-order valence-electron chi connectivity index (χ4n) is 6.07. The lowest BCUT2D eigenvalue weighted by molar-refractivity contribution is -0.0196. The molecule has 0 radical (unpaired) electrons. The molecule has 4 aliphatic carbocycles. The summed E-state index contributed by atoms with van der Waals surface area (Å²) in [6.07, 6.45) is 13.1. The zero-order chi connectivity index (χ0) is 16.7. The van der Waals surface area contributed by atoms with Gasteiger partial charge in [0.1, 0.15) is 0 Å². The molecule has 2 heterocycles. The van der Waals surface area contributed by atoms with E-state index in [0.29, 0.717) is 5.54 Å². The standard InChI is InChI=1S/C21H29N3O/c1-3-7-24-19(5-1)12-20(23-24)25-8-4-2-6-22-21-13-16-9-17(14-21)11-18(10-16)15-21/h1,3,5,7,12,16-18,22H,2,4,6,8-11,13-15H2. The minimum absolute atomic E-state index is 0.497. The number of ether oxygens (including phenoxy) is 1. The molecule has 4 nitrogen and oxygen atoms in total. The predicted octanol–water partition coefficient (Wildman–Crippen LogP) is 4.05. The molecule has 0 amide bonds. The van der Waals surface area contributed by atoms with E-state index < -0.39 is 0 Å². The van der Waals surface area contributed by atoms with Crippen LogP contribution in [0.15, 0.2) is 30.5 Å². The lowest BCUT2D eigenvalue weighted by Gasteiger charge is -2.57. The molecule has 134 valence electrons. The van der Waals surface area contributed by atoms with Crippen molar-refractivity contribution >= 4 is 5.52 Å². The minimum atomic E-state index is 0.497. The molecule has 4 bridgehead atoms. The van der Waals surface area contributed by atoms with Gasteiger partial charge in [-0.25, -0.2) is 4.52 Å². The first kappa shape index (κ1) is 15.7. The second kappa shape index (κ2) is 6.31. The molecule has 2 aromatic rings. The lowest BCUT2D eigenvalue weighted by atomic mass is 9.53. The van der Waals surface area contributed by atoms with Gasteiger partial charge in [-0.3, -0.25) is 0 Å². The molecule has 6 rings (SSSR count). The fraction of sp³-hybridized carbons (Fsp3) is 0.667. The number of nitrogens with one attached hydrogen (secondary N) is 1. The van der Waals surface area contributed by atoms with E-state index in [9.17, 15) is 0 Å². The Labute approximate surface area is 149 Å². The Morgan fingerprint density at radius 1 is 1.08 bits per heavy atom. The van der Waals surface area contributed by atoms with Crippen LogP contribution in [0.5, 0.6) is 5.88 Å². The zero-order valence-electron chi connectivity index (χ0n) is 15.0. The maximum absolute atomic E-state index is 5.83. The summed E-state index contributed by atoms with van der Waals surface area (Å²) in [6.45, 7) is 1.90. The normalized spacial score (nSPS) is 33.2. The molecule has 0 unspecified atom stereocenters. The van der Waals surface area contributed by atoms with Crippen LogP contribution in [0.4, 0.5) is 0 Å². The van der Waals surface area contributed by atoms with E-state index >= 15 is 0 Å². The van der Waals surface area contributed by atoms with Crippen LogP contribution in [0.3, 0.4) is 0 Å². The Bertz CT molecular complexity index is 669. The number of fused-ring (bicyclic) bond motifs is 1. The molecule has 0 atom stereocenters. The molecule has 2 aromatic heterocycles. The first-order chi connectivity index (χ1) is 12.3. The van der Waals surface area contributed by atoms with Gasteiger partial charge in [0.15, 0.2) is 0 Å². The highest BCUT2D eigenvalue weighted by Gasteiger charge is 2.50. The van der Waals surface area contributed by atoms with Crippen molar-refractivity contribution in [2.24, 2.45) is 17.8 Å². The van der Waals surface area contributed by atoms with Gasteiger partial charge in [-0.2, -0.15) is 0 Å². The topological polar surface area (TPSA) is 38.6 Å². The molecular weight excluding hydrogens is 310 g/mol. The minimum Gasteiger partial charge on any atom is -0.477 e. The molecule has 0 saturated heterocycles. The molecule has 4 saturated carbocycles. The van der Waals surface area contributed by atoms with Gasteiger partial charge in [0.25, 0.3) is 0 Å². The molecular formula is C21H29N3O. The van der Waals surface area contributed by atoms with Crippen molar-refractivity contribution in [3.63, 3.8) is 0 Å². The molecule has 4 aliphatic rings. The van der Waals surface area contributed by atoms with Crippen molar-refractivity contribution < 1.29 is 4.74 Å². The summed E-state index contributed by atoms with van der Waals surface area (Å²) < 4.78 is 7.69. The summed E-state index contributed by atoms with van der Waals surface area (Å²) in [4.78, 5) is 0. The van der Waals surface area contributed by atoms with Crippen LogP contribution in [0.2, 0.25) is 0 Å². The van der Waals surface area contributed by atoms with Gasteiger partial charge in [0.2, 0.25) is 5.88 Å². The Morgan fingerprint density at radius 3 is 2.56 bits per heavy atom. The number of hydrogen-bond acceptors (Lipinski definition) is 3. The van der Waals surface area contributed by atoms with Crippen molar-refractivity contribution in [1.29, 1.82) is 0 Å². The quantitative estimate of drug-likeness (QED) is 0.773. The third kappa shape index (κ3) is 3.17. The van der Waals surface area contributed by atoms with E-state index in [2.05, 4.69) is 16.5 Å². The number of nitrogens with zero attached hydrogens (tertiary/aromatic N) is 2. The van der Waals surface area contributed by atoms with Crippen LogP contribution in [0, 0.1) is 17.8 Å². The average molecular weight is 339 g/mol. The second-order valence-electron chi connectivity index (χ2n) is 8.73. The largest absolute Gasteiger partial charge is 0.477 e. The van der Waals surface area contributed by atoms with E-state index in [0.717, 1.165) is 48.7 Å². The van der Waals surface area contributed by atoms with Crippen molar-refractivity contribution in [2.75, 3.05) is 13.2 Å². The maximum Gasteiger partial charge on any atom is 0.233 e. The van der Waals surface area contributed by atoms with E-state index in [1.54, 1.807) is 0 Å². The zero-order valence-corrected chi connectivity index (χ0v) is 15.0. The van der Waals surface area contributed by atoms with Crippen LogP contribution in [-0.4, -0.2) is 28.3 Å². The smallest absolute Gasteiger partial charge is 0.233 e. The lowest BCUT2D eigenvalue weighted by Crippen LogP contribution is -2.58. The van der Waals surface area contributed by atoms with Gasteiger partial charge in [-0.15, -0.1) is 5.10 Å². The molecule has 1 N–H and O–H groups in total. The van der Waals surface area contributed by atoms with Crippen LogP contribution in [0.1, 0.15) is 51.4 Å². The molecule has 4 fully saturated rings. The number of rotatable bonds is 7. The Hall–Kier alpha value is -1.55. The van der Waals surface area contributed by atoms with Gasteiger partial charge >= 0.3 is 0 Å².